The maximum absolute atomic E-state index is 8.91. The lowest BCUT2D eigenvalue weighted by Crippen LogP contribution is -2.01. The molecule has 0 radical (unpaired) electrons. The van der Waals surface area contributed by atoms with Crippen molar-refractivity contribution in [3.63, 3.8) is 0 Å². The van der Waals surface area contributed by atoms with E-state index in [9.17, 15) is 0 Å². The van der Waals surface area contributed by atoms with Gasteiger partial charge >= 0.3 is 0 Å². The summed E-state index contributed by atoms with van der Waals surface area (Å²) in [6, 6.07) is 28.3. The second-order valence-electron chi connectivity index (χ2n) is 6.10. The molecule has 0 atom stereocenters. The number of imidazole rings is 1. The number of rotatable bonds is 4. The standard InChI is InChI=1S/C23H17N3/c24-16-19-12-10-18(11-13-19)14-15-23-25-21-8-4-5-9-22(21)26(23)17-20-6-2-1-3-7-20/h1-15H,17H2/b15-14+. The number of para-hydroxylation sites is 2. The molecule has 0 aliphatic heterocycles. The van der Waals surface area contributed by atoms with Crippen molar-refractivity contribution < 1.29 is 0 Å². The third-order valence-corrected chi connectivity index (χ3v) is 4.33. The van der Waals surface area contributed by atoms with Crippen molar-refractivity contribution in [1.29, 1.82) is 5.26 Å². The van der Waals surface area contributed by atoms with Gasteiger partial charge in [0.1, 0.15) is 5.82 Å². The van der Waals surface area contributed by atoms with E-state index in [0.29, 0.717) is 5.56 Å². The zero-order valence-electron chi connectivity index (χ0n) is 14.2. The van der Waals surface area contributed by atoms with Crippen LogP contribution in [0.4, 0.5) is 0 Å². The molecule has 4 rings (SSSR count). The van der Waals surface area contributed by atoms with Gasteiger partial charge in [-0.05, 0) is 41.5 Å². The van der Waals surface area contributed by atoms with Crippen LogP contribution in [0.3, 0.4) is 0 Å². The lowest BCUT2D eigenvalue weighted by Gasteiger charge is -2.07. The molecule has 0 amide bonds. The van der Waals surface area contributed by atoms with Crippen molar-refractivity contribution >= 4 is 23.2 Å². The number of nitriles is 1. The summed E-state index contributed by atoms with van der Waals surface area (Å²) in [6.07, 6.45) is 4.06. The molecule has 4 aromatic rings. The van der Waals surface area contributed by atoms with Crippen LogP contribution in [-0.4, -0.2) is 9.55 Å². The molecule has 3 nitrogen and oxygen atoms in total. The van der Waals surface area contributed by atoms with Crippen LogP contribution in [-0.2, 0) is 6.54 Å². The Balaban J connectivity index is 1.72. The Morgan fingerprint density at radius 1 is 0.846 bits per heavy atom. The molecule has 0 fully saturated rings. The van der Waals surface area contributed by atoms with Crippen LogP contribution < -0.4 is 0 Å². The minimum Gasteiger partial charge on any atom is -0.320 e. The predicted octanol–water partition coefficient (Wildman–Crippen LogP) is 5.13. The third kappa shape index (κ3) is 3.26. The molecule has 0 aliphatic carbocycles. The molecule has 0 aliphatic rings. The average molecular weight is 335 g/mol. The molecule has 0 spiro atoms. The van der Waals surface area contributed by atoms with E-state index in [1.807, 2.05) is 60.7 Å². The van der Waals surface area contributed by atoms with E-state index >= 15 is 0 Å². The summed E-state index contributed by atoms with van der Waals surface area (Å²) in [5.41, 5.74) is 5.06. The largest absolute Gasteiger partial charge is 0.320 e. The highest BCUT2D eigenvalue weighted by Crippen LogP contribution is 2.20. The van der Waals surface area contributed by atoms with Gasteiger partial charge < -0.3 is 4.57 Å². The first-order valence-electron chi connectivity index (χ1n) is 8.51. The van der Waals surface area contributed by atoms with Crippen LogP contribution in [0, 0.1) is 11.3 Å². The summed E-state index contributed by atoms with van der Waals surface area (Å²) >= 11 is 0. The zero-order valence-corrected chi connectivity index (χ0v) is 14.2. The molecule has 1 aromatic heterocycles. The molecule has 124 valence electrons. The molecule has 0 saturated heterocycles. The fourth-order valence-corrected chi connectivity index (χ4v) is 2.99. The van der Waals surface area contributed by atoms with Gasteiger partial charge in [-0.3, -0.25) is 0 Å². The number of hydrogen-bond donors (Lipinski definition) is 0. The van der Waals surface area contributed by atoms with Crippen molar-refractivity contribution in [1.82, 2.24) is 9.55 Å². The van der Waals surface area contributed by atoms with Crippen LogP contribution in [0.25, 0.3) is 23.2 Å². The Hall–Kier alpha value is -3.64. The summed E-state index contributed by atoms with van der Waals surface area (Å²) in [5, 5.41) is 8.91. The summed E-state index contributed by atoms with van der Waals surface area (Å²) in [4.78, 5) is 4.78. The van der Waals surface area contributed by atoms with Gasteiger partial charge in [-0.15, -0.1) is 0 Å². The van der Waals surface area contributed by atoms with Crippen LogP contribution in [0.2, 0.25) is 0 Å². The second-order valence-corrected chi connectivity index (χ2v) is 6.10. The van der Waals surface area contributed by atoms with Gasteiger partial charge in [-0.1, -0.05) is 60.7 Å². The van der Waals surface area contributed by atoms with Gasteiger partial charge in [0.05, 0.1) is 22.7 Å². The molecule has 3 heteroatoms. The highest BCUT2D eigenvalue weighted by atomic mass is 15.1. The fourth-order valence-electron chi connectivity index (χ4n) is 2.99. The van der Waals surface area contributed by atoms with Crippen molar-refractivity contribution in [3.8, 4) is 6.07 Å². The topological polar surface area (TPSA) is 41.6 Å². The summed E-state index contributed by atoms with van der Waals surface area (Å²) in [7, 11) is 0. The quantitative estimate of drug-likeness (QED) is 0.519. The SMILES string of the molecule is N#Cc1ccc(/C=C/c2nc3ccccc3n2Cc2ccccc2)cc1. The van der Waals surface area contributed by atoms with Crippen LogP contribution >= 0.6 is 0 Å². The van der Waals surface area contributed by atoms with Crippen LogP contribution in [0.15, 0.2) is 78.9 Å². The molecule has 0 bridgehead atoms. The van der Waals surface area contributed by atoms with Crippen molar-refractivity contribution in [3.05, 3.63) is 101 Å². The van der Waals surface area contributed by atoms with Gasteiger partial charge in [-0.2, -0.15) is 5.26 Å². The monoisotopic (exact) mass is 335 g/mol. The molecule has 3 aromatic carbocycles. The van der Waals surface area contributed by atoms with Crippen LogP contribution in [0.5, 0.6) is 0 Å². The van der Waals surface area contributed by atoms with Gasteiger partial charge in [-0.25, -0.2) is 4.98 Å². The van der Waals surface area contributed by atoms with E-state index in [1.54, 1.807) is 0 Å². The van der Waals surface area contributed by atoms with E-state index < -0.39 is 0 Å². The summed E-state index contributed by atoms with van der Waals surface area (Å²) < 4.78 is 2.23. The van der Waals surface area contributed by atoms with E-state index in [-0.39, 0.29) is 0 Å². The Morgan fingerprint density at radius 3 is 2.35 bits per heavy atom. The van der Waals surface area contributed by atoms with Gasteiger partial charge in [0.15, 0.2) is 0 Å². The number of aromatic nitrogens is 2. The van der Waals surface area contributed by atoms with E-state index in [0.717, 1.165) is 29.0 Å². The molecule has 0 saturated carbocycles. The van der Waals surface area contributed by atoms with Crippen LogP contribution in [0.1, 0.15) is 22.5 Å². The molecular weight excluding hydrogens is 318 g/mol. The van der Waals surface area contributed by atoms with Gasteiger partial charge in [0.25, 0.3) is 0 Å². The predicted molar refractivity (Wildman–Crippen MR) is 105 cm³/mol. The summed E-state index contributed by atoms with van der Waals surface area (Å²) in [5.74, 6) is 0.916. The lowest BCUT2D eigenvalue weighted by molar-refractivity contribution is 0.814. The number of benzene rings is 3. The highest BCUT2D eigenvalue weighted by Gasteiger charge is 2.08. The number of nitrogens with zero attached hydrogens (tertiary/aromatic N) is 3. The molecule has 0 unspecified atom stereocenters. The minimum absolute atomic E-state index is 0.665. The van der Waals surface area contributed by atoms with E-state index in [1.165, 1.54) is 5.56 Å². The third-order valence-electron chi connectivity index (χ3n) is 4.33. The first kappa shape index (κ1) is 15.9. The highest BCUT2D eigenvalue weighted by molar-refractivity contribution is 5.80. The summed E-state index contributed by atoms with van der Waals surface area (Å²) in [6.45, 7) is 0.772. The van der Waals surface area contributed by atoms with Crippen molar-refractivity contribution in [2.24, 2.45) is 0 Å². The smallest absolute Gasteiger partial charge is 0.134 e. The lowest BCUT2D eigenvalue weighted by atomic mass is 10.1. The normalized spacial score (nSPS) is 11.0. The van der Waals surface area contributed by atoms with Crippen molar-refractivity contribution in [2.75, 3.05) is 0 Å². The Morgan fingerprint density at radius 2 is 1.58 bits per heavy atom. The molecule has 26 heavy (non-hydrogen) atoms. The molecular formula is C23H17N3. The maximum Gasteiger partial charge on any atom is 0.134 e. The van der Waals surface area contributed by atoms with Gasteiger partial charge in [0, 0.05) is 6.54 Å². The Bertz CT molecular complexity index is 1100. The van der Waals surface area contributed by atoms with E-state index in [4.69, 9.17) is 10.2 Å². The zero-order chi connectivity index (χ0) is 17.8. The fraction of sp³-hybridized carbons (Fsp3) is 0.0435. The Labute approximate surface area is 152 Å². The molecule has 1 heterocycles. The number of hydrogen-bond acceptors (Lipinski definition) is 2. The maximum atomic E-state index is 8.91. The van der Waals surface area contributed by atoms with Gasteiger partial charge in [0.2, 0.25) is 0 Å². The van der Waals surface area contributed by atoms with E-state index in [2.05, 4.69) is 41.0 Å². The first-order valence-corrected chi connectivity index (χ1v) is 8.51. The average Bonchev–Trinajstić information content (AvgIpc) is 3.05. The number of fused-ring (bicyclic) bond motifs is 1. The second kappa shape index (κ2) is 7.08. The van der Waals surface area contributed by atoms with Crippen molar-refractivity contribution in [2.45, 2.75) is 6.54 Å². The first-order chi connectivity index (χ1) is 12.8. The Kier molecular flexibility index (Phi) is 4.32. The minimum atomic E-state index is 0.665. The molecule has 0 N–H and O–H groups in total.